The van der Waals surface area contributed by atoms with Crippen LogP contribution >= 0.6 is 11.6 Å². The van der Waals surface area contributed by atoms with Crippen LogP contribution in [0.25, 0.3) is 0 Å². The van der Waals surface area contributed by atoms with Crippen LogP contribution in [0.4, 0.5) is 5.82 Å². The van der Waals surface area contributed by atoms with E-state index in [2.05, 4.69) is 10.4 Å². The molecule has 0 saturated heterocycles. The summed E-state index contributed by atoms with van der Waals surface area (Å²) >= 11 is 5.88. The van der Waals surface area contributed by atoms with Crippen molar-refractivity contribution in [2.75, 3.05) is 5.32 Å². The van der Waals surface area contributed by atoms with Crippen molar-refractivity contribution in [2.45, 2.75) is 0 Å². The maximum Gasteiger partial charge on any atom is 0.258 e. The molecular weight excluding hydrogens is 242 g/mol. The van der Waals surface area contributed by atoms with E-state index < -0.39 is 5.91 Å². The van der Waals surface area contributed by atoms with Gasteiger partial charge in [-0.15, -0.1) is 0 Å². The normalized spacial score (nSPS) is 10.2. The molecule has 6 heteroatoms. The van der Waals surface area contributed by atoms with Gasteiger partial charge in [0.1, 0.15) is 11.6 Å². The number of amides is 1. The summed E-state index contributed by atoms with van der Waals surface area (Å²) in [5, 5.41) is 16.2. The molecule has 0 saturated carbocycles. The van der Waals surface area contributed by atoms with Crippen molar-refractivity contribution >= 4 is 23.3 Å². The van der Waals surface area contributed by atoms with Crippen LogP contribution in [0.15, 0.2) is 30.5 Å². The number of phenols is 1. The summed E-state index contributed by atoms with van der Waals surface area (Å²) in [7, 11) is 1.71. The predicted molar refractivity (Wildman–Crippen MR) is 64.3 cm³/mol. The molecule has 0 unspecified atom stereocenters. The minimum Gasteiger partial charge on any atom is -0.508 e. The molecule has 0 radical (unpaired) electrons. The molecule has 0 aliphatic carbocycles. The van der Waals surface area contributed by atoms with Gasteiger partial charge in [-0.1, -0.05) is 11.6 Å². The fourth-order valence-corrected chi connectivity index (χ4v) is 1.57. The fraction of sp³-hybridized carbons (Fsp3) is 0.0909. The molecule has 5 nitrogen and oxygen atoms in total. The Labute approximate surface area is 103 Å². The first-order valence-electron chi connectivity index (χ1n) is 4.86. The van der Waals surface area contributed by atoms with Crippen LogP contribution < -0.4 is 5.32 Å². The molecule has 0 atom stereocenters. The van der Waals surface area contributed by atoms with Crippen LogP contribution in [0.1, 0.15) is 10.4 Å². The third kappa shape index (κ3) is 2.39. The van der Waals surface area contributed by atoms with E-state index in [0.717, 1.165) is 0 Å². The number of rotatable bonds is 2. The number of nitrogens with one attached hydrogen (secondary N) is 1. The summed E-state index contributed by atoms with van der Waals surface area (Å²) in [6, 6.07) is 5.86. The monoisotopic (exact) mass is 251 g/mol. The molecule has 0 fully saturated rings. The lowest BCUT2D eigenvalue weighted by atomic mass is 10.2. The molecule has 17 heavy (non-hydrogen) atoms. The van der Waals surface area contributed by atoms with Gasteiger partial charge >= 0.3 is 0 Å². The van der Waals surface area contributed by atoms with Gasteiger partial charge in [0.25, 0.3) is 5.91 Å². The lowest BCUT2D eigenvalue weighted by molar-refractivity contribution is 0.102. The summed E-state index contributed by atoms with van der Waals surface area (Å²) in [6.07, 6.45) is 1.57. The number of carbonyl (C=O) groups excluding carboxylic acids is 1. The number of nitrogens with zero attached hydrogens (tertiary/aromatic N) is 2. The third-order valence-corrected chi connectivity index (χ3v) is 2.59. The van der Waals surface area contributed by atoms with Gasteiger partial charge in [0.15, 0.2) is 0 Å². The van der Waals surface area contributed by atoms with Crippen molar-refractivity contribution in [3.05, 3.63) is 41.0 Å². The lowest BCUT2D eigenvalue weighted by Crippen LogP contribution is -2.14. The second-order valence-corrected chi connectivity index (χ2v) is 3.87. The quantitative estimate of drug-likeness (QED) is 0.858. The molecule has 0 bridgehead atoms. The zero-order valence-corrected chi connectivity index (χ0v) is 9.77. The number of aromatic hydroxyl groups is 1. The van der Waals surface area contributed by atoms with Crippen LogP contribution in [-0.2, 0) is 7.05 Å². The fourth-order valence-electron chi connectivity index (χ4n) is 1.37. The molecule has 1 aromatic carbocycles. The van der Waals surface area contributed by atoms with Crippen molar-refractivity contribution in [3.8, 4) is 5.75 Å². The van der Waals surface area contributed by atoms with Gasteiger partial charge in [-0.05, 0) is 18.2 Å². The number of phenolic OH excluding ortho intramolecular Hbond substituents is 1. The average molecular weight is 252 g/mol. The highest BCUT2D eigenvalue weighted by Gasteiger charge is 2.12. The number of benzene rings is 1. The Kier molecular flexibility index (Phi) is 3.01. The number of hydrogen-bond acceptors (Lipinski definition) is 3. The summed E-state index contributed by atoms with van der Waals surface area (Å²) in [6.45, 7) is 0. The molecule has 0 spiro atoms. The van der Waals surface area contributed by atoms with Crippen LogP contribution in [0.3, 0.4) is 0 Å². The number of anilines is 1. The van der Waals surface area contributed by atoms with Gasteiger partial charge in [0.2, 0.25) is 0 Å². The van der Waals surface area contributed by atoms with Crippen LogP contribution in [0.2, 0.25) is 5.02 Å². The largest absolute Gasteiger partial charge is 0.508 e. The van der Waals surface area contributed by atoms with Crippen LogP contribution in [0, 0.1) is 0 Å². The number of carbonyl (C=O) groups is 1. The Morgan fingerprint density at radius 2 is 2.24 bits per heavy atom. The highest BCUT2D eigenvalue weighted by atomic mass is 35.5. The molecule has 1 aromatic heterocycles. The number of halogens is 1. The van der Waals surface area contributed by atoms with E-state index in [1.807, 2.05) is 0 Å². The van der Waals surface area contributed by atoms with Gasteiger partial charge in [-0.3, -0.25) is 9.48 Å². The highest BCUT2D eigenvalue weighted by Crippen LogP contribution is 2.22. The smallest absolute Gasteiger partial charge is 0.258 e. The zero-order valence-electron chi connectivity index (χ0n) is 9.01. The van der Waals surface area contributed by atoms with Gasteiger partial charge in [0.05, 0.1) is 16.8 Å². The van der Waals surface area contributed by atoms with E-state index in [1.54, 1.807) is 19.3 Å². The summed E-state index contributed by atoms with van der Waals surface area (Å²) in [4.78, 5) is 11.9. The summed E-state index contributed by atoms with van der Waals surface area (Å²) in [5.41, 5.74) is 0.216. The molecule has 2 aromatic rings. The van der Waals surface area contributed by atoms with Gasteiger partial charge in [-0.2, -0.15) is 5.10 Å². The molecule has 1 heterocycles. The average Bonchev–Trinajstić information content (AvgIpc) is 2.68. The first-order chi connectivity index (χ1) is 8.08. The van der Waals surface area contributed by atoms with Crippen molar-refractivity contribution in [3.63, 3.8) is 0 Å². The number of aromatic nitrogens is 2. The second kappa shape index (κ2) is 4.47. The molecule has 88 valence electrons. The topological polar surface area (TPSA) is 67.2 Å². The maximum atomic E-state index is 11.9. The van der Waals surface area contributed by atoms with Crippen molar-refractivity contribution in [1.82, 2.24) is 9.78 Å². The molecule has 2 N–H and O–H groups in total. The van der Waals surface area contributed by atoms with Gasteiger partial charge in [-0.25, -0.2) is 0 Å². The van der Waals surface area contributed by atoms with E-state index in [1.165, 1.54) is 22.9 Å². The summed E-state index contributed by atoms with van der Waals surface area (Å²) in [5.74, 6) is 0.147. The lowest BCUT2D eigenvalue weighted by Gasteiger charge is -2.07. The number of hydrogen-bond donors (Lipinski definition) is 2. The van der Waals surface area contributed by atoms with E-state index in [-0.39, 0.29) is 16.3 Å². The molecule has 1 amide bonds. The van der Waals surface area contributed by atoms with Crippen molar-refractivity contribution in [2.24, 2.45) is 7.05 Å². The van der Waals surface area contributed by atoms with Crippen LogP contribution in [-0.4, -0.2) is 20.8 Å². The number of aryl methyl sites for hydroxylation is 1. The maximum absolute atomic E-state index is 11.9. The molecule has 0 aliphatic heterocycles. The van der Waals surface area contributed by atoms with Gasteiger partial charge < -0.3 is 10.4 Å². The first kappa shape index (κ1) is 11.5. The standard InChI is InChI=1S/C11H10ClN3O2/c1-15-10(4-5-13-15)14-11(17)8-6-7(16)2-3-9(8)12/h2-6,16H,1H3,(H,14,17). The third-order valence-electron chi connectivity index (χ3n) is 2.26. The molecule has 0 aliphatic rings. The summed E-state index contributed by atoms with van der Waals surface area (Å²) < 4.78 is 1.52. The minimum atomic E-state index is -0.394. The Bertz CT molecular complexity index is 566. The van der Waals surface area contributed by atoms with Crippen LogP contribution in [0.5, 0.6) is 5.75 Å². The molecule has 2 rings (SSSR count). The van der Waals surface area contributed by atoms with Crippen molar-refractivity contribution < 1.29 is 9.90 Å². The van der Waals surface area contributed by atoms with Crippen molar-refractivity contribution in [1.29, 1.82) is 0 Å². The van der Waals surface area contributed by atoms with Gasteiger partial charge in [0, 0.05) is 13.1 Å². The Hall–Kier alpha value is -2.01. The zero-order chi connectivity index (χ0) is 12.4. The first-order valence-corrected chi connectivity index (χ1v) is 5.23. The van der Waals surface area contributed by atoms with E-state index in [4.69, 9.17) is 11.6 Å². The Morgan fingerprint density at radius 1 is 1.47 bits per heavy atom. The SMILES string of the molecule is Cn1nccc1NC(=O)c1cc(O)ccc1Cl. The highest BCUT2D eigenvalue weighted by molar-refractivity contribution is 6.34. The Morgan fingerprint density at radius 3 is 2.88 bits per heavy atom. The minimum absolute atomic E-state index is 0.00967. The Balaban J connectivity index is 2.26. The van der Waals surface area contributed by atoms with E-state index in [9.17, 15) is 9.90 Å². The predicted octanol–water partition coefficient (Wildman–Crippen LogP) is 2.03. The van der Waals surface area contributed by atoms with E-state index >= 15 is 0 Å². The second-order valence-electron chi connectivity index (χ2n) is 3.46. The van der Waals surface area contributed by atoms with E-state index in [0.29, 0.717) is 5.82 Å². The molecular formula is C11H10ClN3O2.